The van der Waals surface area contributed by atoms with Crippen LogP contribution in [0.1, 0.15) is 32.8 Å². The summed E-state index contributed by atoms with van der Waals surface area (Å²) in [5, 5.41) is 2.80. The molecule has 0 fully saturated rings. The van der Waals surface area contributed by atoms with E-state index in [0.717, 1.165) is 5.56 Å². The third-order valence-electron chi connectivity index (χ3n) is 2.99. The number of nitrogens with two attached hydrogens (primary N) is 1. The summed E-state index contributed by atoms with van der Waals surface area (Å²) in [6, 6.07) is 4.17. The molecule has 3 nitrogen and oxygen atoms in total. The van der Waals surface area contributed by atoms with E-state index >= 15 is 0 Å². The second kappa shape index (κ2) is 6.35. The highest BCUT2D eigenvalue weighted by Crippen LogP contribution is 2.19. The standard InChI is InChI=1S/C14H20ClFN2O/c1-14(2,3)12(17)7-13(19)18-8-9-4-5-11(16)10(15)6-9/h4-6,12H,7-8,17H2,1-3H3,(H,18,19). The molecule has 0 aliphatic rings. The van der Waals surface area contributed by atoms with E-state index < -0.39 is 5.82 Å². The smallest absolute Gasteiger partial charge is 0.221 e. The van der Waals surface area contributed by atoms with Gasteiger partial charge in [-0.3, -0.25) is 4.79 Å². The van der Waals surface area contributed by atoms with E-state index in [4.69, 9.17) is 17.3 Å². The first-order valence-corrected chi connectivity index (χ1v) is 6.54. The first kappa shape index (κ1) is 15.9. The molecular weight excluding hydrogens is 267 g/mol. The molecule has 1 rings (SSSR count). The van der Waals surface area contributed by atoms with E-state index in [-0.39, 0.29) is 28.8 Å². The van der Waals surface area contributed by atoms with E-state index in [1.54, 1.807) is 6.07 Å². The van der Waals surface area contributed by atoms with Gasteiger partial charge >= 0.3 is 0 Å². The van der Waals surface area contributed by atoms with E-state index in [0.29, 0.717) is 6.54 Å². The number of amides is 1. The number of carbonyl (C=O) groups excluding carboxylic acids is 1. The number of carbonyl (C=O) groups is 1. The molecule has 1 aromatic rings. The van der Waals surface area contributed by atoms with Gasteiger partial charge in [-0.2, -0.15) is 0 Å². The largest absolute Gasteiger partial charge is 0.352 e. The van der Waals surface area contributed by atoms with Gasteiger partial charge in [-0.05, 0) is 23.1 Å². The average molecular weight is 287 g/mol. The van der Waals surface area contributed by atoms with Gasteiger partial charge in [-0.15, -0.1) is 0 Å². The van der Waals surface area contributed by atoms with Crippen molar-refractivity contribution in [1.29, 1.82) is 0 Å². The van der Waals surface area contributed by atoms with E-state index in [2.05, 4.69) is 5.32 Å². The zero-order chi connectivity index (χ0) is 14.6. The summed E-state index contributed by atoms with van der Waals surface area (Å²) in [4.78, 5) is 11.7. The van der Waals surface area contributed by atoms with Gasteiger partial charge in [0.1, 0.15) is 5.82 Å². The number of rotatable bonds is 4. The molecule has 0 spiro atoms. The summed E-state index contributed by atoms with van der Waals surface area (Å²) >= 11 is 5.67. The minimum Gasteiger partial charge on any atom is -0.352 e. The van der Waals surface area contributed by atoms with Crippen LogP contribution in [0.5, 0.6) is 0 Å². The molecule has 1 amide bonds. The van der Waals surface area contributed by atoms with Crippen molar-refractivity contribution in [2.24, 2.45) is 11.1 Å². The van der Waals surface area contributed by atoms with Crippen molar-refractivity contribution in [2.75, 3.05) is 0 Å². The molecule has 1 aromatic carbocycles. The lowest BCUT2D eigenvalue weighted by Crippen LogP contribution is -2.40. The number of halogens is 2. The van der Waals surface area contributed by atoms with Crippen LogP contribution >= 0.6 is 11.6 Å². The summed E-state index contributed by atoms with van der Waals surface area (Å²) < 4.78 is 13.0. The van der Waals surface area contributed by atoms with Crippen LogP contribution in [0.3, 0.4) is 0 Å². The van der Waals surface area contributed by atoms with Gasteiger partial charge in [0.25, 0.3) is 0 Å². The molecule has 0 saturated carbocycles. The highest BCUT2D eigenvalue weighted by Gasteiger charge is 2.22. The molecule has 0 aromatic heterocycles. The highest BCUT2D eigenvalue weighted by atomic mass is 35.5. The second-order valence-corrected chi connectivity index (χ2v) is 6.11. The topological polar surface area (TPSA) is 55.1 Å². The van der Waals surface area contributed by atoms with Gasteiger partial charge in [0.05, 0.1) is 5.02 Å². The van der Waals surface area contributed by atoms with Gasteiger partial charge in [0.2, 0.25) is 5.91 Å². The Morgan fingerprint density at radius 1 is 1.47 bits per heavy atom. The fourth-order valence-corrected chi connectivity index (χ4v) is 1.63. The number of nitrogens with one attached hydrogen (secondary N) is 1. The number of benzene rings is 1. The first-order valence-electron chi connectivity index (χ1n) is 6.16. The molecule has 0 heterocycles. The third-order valence-corrected chi connectivity index (χ3v) is 3.28. The van der Waals surface area contributed by atoms with Crippen LogP contribution in [0.25, 0.3) is 0 Å². The minimum atomic E-state index is -0.466. The molecule has 0 aliphatic carbocycles. The van der Waals surface area contributed by atoms with Crippen LogP contribution in [-0.4, -0.2) is 11.9 Å². The highest BCUT2D eigenvalue weighted by molar-refractivity contribution is 6.30. The Morgan fingerprint density at radius 3 is 2.63 bits per heavy atom. The van der Waals surface area contributed by atoms with Gasteiger partial charge < -0.3 is 11.1 Å². The number of hydrogen-bond acceptors (Lipinski definition) is 2. The Morgan fingerprint density at radius 2 is 2.11 bits per heavy atom. The lowest BCUT2D eigenvalue weighted by atomic mass is 9.85. The van der Waals surface area contributed by atoms with Crippen molar-refractivity contribution in [3.05, 3.63) is 34.6 Å². The summed E-state index contributed by atoms with van der Waals surface area (Å²) in [7, 11) is 0. The Hall–Kier alpha value is -1.13. The van der Waals surface area contributed by atoms with E-state index in [9.17, 15) is 9.18 Å². The summed E-state index contributed by atoms with van der Waals surface area (Å²) in [5.74, 6) is -0.589. The lowest BCUT2D eigenvalue weighted by molar-refractivity contribution is -0.122. The number of hydrogen-bond donors (Lipinski definition) is 2. The predicted molar refractivity (Wildman–Crippen MR) is 75.3 cm³/mol. The fourth-order valence-electron chi connectivity index (χ4n) is 1.43. The normalized spacial score (nSPS) is 13.2. The zero-order valence-electron chi connectivity index (χ0n) is 11.5. The Kier molecular flexibility index (Phi) is 5.32. The fraction of sp³-hybridized carbons (Fsp3) is 0.500. The van der Waals surface area contributed by atoms with Crippen LogP contribution in [0.4, 0.5) is 4.39 Å². The summed E-state index contributed by atoms with van der Waals surface area (Å²) in [6.45, 7) is 6.29. The molecule has 19 heavy (non-hydrogen) atoms. The first-order chi connectivity index (χ1) is 8.70. The van der Waals surface area contributed by atoms with Crippen LogP contribution in [0, 0.1) is 11.2 Å². The van der Waals surface area contributed by atoms with Gasteiger partial charge in [0.15, 0.2) is 0 Å². The Balaban J connectivity index is 2.48. The van der Waals surface area contributed by atoms with Crippen molar-refractivity contribution in [2.45, 2.75) is 39.8 Å². The Bertz CT molecular complexity index is 457. The minimum absolute atomic E-state index is 0.0538. The van der Waals surface area contributed by atoms with Gasteiger partial charge in [-0.25, -0.2) is 4.39 Å². The summed E-state index contributed by atoms with van der Waals surface area (Å²) in [6.07, 6.45) is 0.262. The molecule has 0 saturated heterocycles. The van der Waals surface area contributed by atoms with Crippen LogP contribution in [0.2, 0.25) is 5.02 Å². The zero-order valence-corrected chi connectivity index (χ0v) is 12.2. The molecule has 1 atom stereocenters. The van der Waals surface area contributed by atoms with Gasteiger partial charge in [0, 0.05) is 19.0 Å². The molecule has 106 valence electrons. The third kappa shape index (κ3) is 5.17. The predicted octanol–water partition coefficient (Wildman–Crippen LogP) is 2.86. The van der Waals surface area contributed by atoms with Crippen molar-refractivity contribution in [3.63, 3.8) is 0 Å². The maximum Gasteiger partial charge on any atom is 0.221 e. The maximum atomic E-state index is 13.0. The molecule has 0 radical (unpaired) electrons. The molecule has 0 aliphatic heterocycles. The van der Waals surface area contributed by atoms with Crippen LogP contribution in [-0.2, 0) is 11.3 Å². The molecule has 3 N–H and O–H groups in total. The monoisotopic (exact) mass is 286 g/mol. The SMILES string of the molecule is CC(C)(C)C(N)CC(=O)NCc1ccc(F)c(Cl)c1. The van der Waals surface area contributed by atoms with Crippen LogP contribution < -0.4 is 11.1 Å². The second-order valence-electron chi connectivity index (χ2n) is 5.70. The average Bonchev–Trinajstić information content (AvgIpc) is 2.29. The molecule has 0 bridgehead atoms. The van der Waals surface area contributed by atoms with E-state index in [1.807, 2.05) is 20.8 Å². The van der Waals surface area contributed by atoms with Crippen LogP contribution in [0.15, 0.2) is 18.2 Å². The summed E-state index contributed by atoms with van der Waals surface area (Å²) in [5.41, 5.74) is 6.57. The quantitative estimate of drug-likeness (QED) is 0.894. The van der Waals surface area contributed by atoms with Crippen molar-refractivity contribution < 1.29 is 9.18 Å². The Labute approximate surface area is 118 Å². The molecular formula is C14H20ClFN2O. The van der Waals surface area contributed by atoms with E-state index in [1.165, 1.54) is 12.1 Å². The molecule has 5 heteroatoms. The molecule has 1 unspecified atom stereocenters. The van der Waals surface area contributed by atoms with Crippen molar-refractivity contribution >= 4 is 17.5 Å². The van der Waals surface area contributed by atoms with Gasteiger partial charge in [-0.1, -0.05) is 38.4 Å². The van der Waals surface area contributed by atoms with Crippen molar-refractivity contribution in [1.82, 2.24) is 5.32 Å². The maximum absolute atomic E-state index is 13.0. The lowest BCUT2D eigenvalue weighted by Gasteiger charge is -2.26. The van der Waals surface area contributed by atoms with Crippen molar-refractivity contribution in [3.8, 4) is 0 Å².